The zero-order valence-corrected chi connectivity index (χ0v) is 10.8. The summed E-state index contributed by atoms with van der Waals surface area (Å²) in [6.07, 6.45) is 0. The second kappa shape index (κ2) is 6.05. The number of anilines is 1. The van der Waals surface area contributed by atoms with Crippen LogP contribution in [-0.2, 0) is 4.79 Å². The smallest absolute Gasteiger partial charge is 0.234 e. The Kier molecular flexibility index (Phi) is 4.71. The molecule has 0 aliphatic carbocycles. The molecule has 98 valence electrons. The molecule has 0 aliphatic rings. The maximum Gasteiger partial charge on any atom is 0.234 e. The largest absolute Gasteiger partial charge is 0.409 e. The van der Waals surface area contributed by atoms with Gasteiger partial charge in [-0.15, -0.1) is 0 Å². The number of nitrogens with one attached hydrogen (secondary N) is 1. The van der Waals surface area contributed by atoms with Gasteiger partial charge in [-0.25, -0.2) is 0 Å². The van der Waals surface area contributed by atoms with E-state index in [4.69, 9.17) is 10.9 Å². The van der Waals surface area contributed by atoms with E-state index in [0.29, 0.717) is 5.92 Å². The Morgan fingerprint density at radius 1 is 1.33 bits per heavy atom. The van der Waals surface area contributed by atoms with Gasteiger partial charge in [0.2, 0.25) is 5.91 Å². The molecular weight excluding hydrogens is 230 g/mol. The molecule has 1 aromatic rings. The molecule has 0 aromatic heterocycles. The van der Waals surface area contributed by atoms with Crippen LogP contribution in [0.25, 0.3) is 0 Å². The highest BCUT2D eigenvalue weighted by atomic mass is 16.4. The number of benzene rings is 1. The minimum absolute atomic E-state index is 0.102. The van der Waals surface area contributed by atoms with Crippen LogP contribution in [0.3, 0.4) is 0 Å². The number of carbonyl (C=O) groups excluding carboxylic acids is 1. The van der Waals surface area contributed by atoms with E-state index in [-0.39, 0.29) is 11.7 Å². The molecule has 5 nitrogen and oxygen atoms in total. The van der Waals surface area contributed by atoms with Gasteiger partial charge in [-0.3, -0.25) is 4.79 Å². The van der Waals surface area contributed by atoms with Gasteiger partial charge in [0.15, 0.2) is 5.84 Å². The average Bonchev–Trinajstić information content (AvgIpc) is 2.37. The molecule has 1 aromatic carbocycles. The van der Waals surface area contributed by atoms with Gasteiger partial charge in [0, 0.05) is 5.69 Å². The Labute approximate surface area is 107 Å². The van der Waals surface area contributed by atoms with Crippen LogP contribution in [-0.4, -0.2) is 17.0 Å². The van der Waals surface area contributed by atoms with Crippen LogP contribution in [0, 0.1) is 5.92 Å². The van der Waals surface area contributed by atoms with E-state index in [9.17, 15) is 4.79 Å². The number of para-hydroxylation sites is 1. The van der Waals surface area contributed by atoms with Crippen LogP contribution in [0.15, 0.2) is 29.4 Å². The first-order valence-corrected chi connectivity index (χ1v) is 5.84. The van der Waals surface area contributed by atoms with E-state index < -0.39 is 5.92 Å². The maximum absolute atomic E-state index is 11.9. The van der Waals surface area contributed by atoms with E-state index in [2.05, 4.69) is 24.3 Å². The first-order chi connectivity index (χ1) is 8.47. The fraction of sp³-hybridized carbons (Fsp3) is 0.385. The summed E-state index contributed by atoms with van der Waals surface area (Å²) >= 11 is 0. The third-order valence-corrected chi connectivity index (χ3v) is 2.79. The summed E-state index contributed by atoms with van der Waals surface area (Å²) < 4.78 is 0. The van der Waals surface area contributed by atoms with E-state index in [0.717, 1.165) is 11.3 Å². The van der Waals surface area contributed by atoms with Gasteiger partial charge in [-0.2, -0.15) is 0 Å². The lowest BCUT2D eigenvalue weighted by molar-refractivity contribution is -0.117. The van der Waals surface area contributed by atoms with Crippen molar-refractivity contribution in [3.05, 3.63) is 29.8 Å². The standard InChI is InChI=1S/C13H19N3O2/c1-8(2)10-6-4-5-7-11(10)15-13(17)9(3)12(14)16-18/h4-9,18H,1-3H3,(H2,14,16)(H,15,17). The van der Waals surface area contributed by atoms with E-state index >= 15 is 0 Å². The predicted molar refractivity (Wildman–Crippen MR) is 71.7 cm³/mol. The molecule has 1 rings (SSSR count). The quantitative estimate of drug-likeness (QED) is 0.330. The molecule has 0 heterocycles. The van der Waals surface area contributed by atoms with Crippen LogP contribution in [0.5, 0.6) is 0 Å². The van der Waals surface area contributed by atoms with Crippen molar-refractivity contribution in [2.75, 3.05) is 5.32 Å². The van der Waals surface area contributed by atoms with Gasteiger partial charge in [0.25, 0.3) is 0 Å². The normalized spacial score (nSPS) is 13.4. The first-order valence-electron chi connectivity index (χ1n) is 5.84. The predicted octanol–water partition coefficient (Wildman–Crippen LogP) is 2.13. The van der Waals surface area contributed by atoms with E-state index in [1.54, 1.807) is 6.92 Å². The molecule has 0 bridgehead atoms. The molecule has 4 N–H and O–H groups in total. The van der Waals surface area contributed by atoms with Crippen molar-refractivity contribution >= 4 is 17.4 Å². The molecule has 0 aliphatic heterocycles. The van der Waals surface area contributed by atoms with Crippen molar-refractivity contribution in [2.45, 2.75) is 26.7 Å². The Balaban J connectivity index is 2.89. The van der Waals surface area contributed by atoms with Gasteiger partial charge in [0.05, 0.1) is 5.92 Å². The van der Waals surface area contributed by atoms with Crippen LogP contribution < -0.4 is 11.1 Å². The maximum atomic E-state index is 11.9. The molecule has 0 fully saturated rings. The Bertz CT molecular complexity index is 455. The number of amides is 1. The van der Waals surface area contributed by atoms with Crippen molar-refractivity contribution < 1.29 is 10.0 Å². The molecule has 1 amide bonds. The Morgan fingerprint density at radius 2 is 1.94 bits per heavy atom. The van der Waals surface area contributed by atoms with E-state index in [1.807, 2.05) is 24.3 Å². The molecule has 1 atom stereocenters. The molecule has 1 unspecified atom stereocenters. The SMILES string of the molecule is CC(C(=O)Nc1ccccc1C(C)C)C(N)=NO. The summed E-state index contributed by atoms with van der Waals surface area (Å²) in [5.74, 6) is -0.760. The third kappa shape index (κ3) is 3.23. The number of carbonyl (C=O) groups is 1. The van der Waals surface area contributed by atoms with Gasteiger partial charge in [-0.05, 0) is 24.5 Å². The Morgan fingerprint density at radius 3 is 2.50 bits per heavy atom. The van der Waals surface area contributed by atoms with Crippen molar-refractivity contribution in [1.82, 2.24) is 0 Å². The number of amidine groups is 1. The lowest BCUT2D eigenvalue weighted by Gasteiger charge is -2.15. The summed E-state index contributed by atoms with van der Waals surface area (Å²) in [5.41, 5.74) is 7.22. The minimum Gasteiger partial charge on any atom is -0.409 e. The van der Waals surface area contributed by atoms with Crippen LogP contribution >= 0.6 is 0 Å². The summed E-state index contributed by atoms with van der Waals surface area (Å²) in [7, 11) is 0. The Hall–Kier alpha value is -2.04. The van der Waals surface area contributed by atoms with Gasteiger partial charge >= 0.3 is 0 Å². The number of hydrogen-bond donors (Lipinski definition) is 3. The number of oxime groups is 1. The topological polar surface area (TPSA) is 87.7 Å². The first kappa shape index (κ1) is 14.0. The lowest BCUT2D eigenvalue weighted by Crippen LogP contribution is -2.32. The fourth-order valence-corrected chi connectivity index (χ4v) is 1.58. The molecular formula is C13H19N3O2. The summed E-state index contributed by atoms with van der Waals surface area (Å²) in [5, 5.41) is 14.2. The summed E-state index contributed by atoms with van der Waals surface area (Å²) in [6, 6.07) is 7.59. The lowest BCUT2D eigenvalue weighted by atomic mass is 10.0. The highest BCUT2D eigenvalue weighted by Crippen LogP contribution is 2.24. The summed E-state index contributed by atoms with van der Waals surface area (Å²) in [6.45, 7) is 5.69. The molecule has 5 heteroatoms. The van der Waals surface area contributed by atoms with Crippen LogP contribution in [0.2, 0.25) is 0 Å². The second-order valence-electron chi connectivity index (χ2n) is 4.48. The summed E-state index contributed by atoms with van der Waals surface area (Å²) in [4.78, 5) is 11.9. The molecule has 0 saturated heterocycles. The third-order valence-electron chi connectivity index (χ3n) is 2.79. The van der Waals surface area contributed by atoms with Crippen molar-refractivity contribution in [1.29, 1.82) is 0 Å². The fourth-order valence-electron chi connectivity index (χ4n) is 1.58. The van der Waals surface area contributed by atoms with Gasteiger partial charge in [-0.1, -0.05) is 37.2 Å². The highest BCUT2D eigenvalue weighted by molar-refractivity contribution is 6.07. The van der Waals surface area contributed by atoms with Crippen molar-refractivity contribution in [3.8, 4) is 0 Å². The average molecular weight is 249 g/mol. The van der Waals surface area contributed by atoms with Gasteiger partial charge < -0.3 is 16.3 Å². The highest BCUT2D eigenvalue weighted by Gasteiger charge is 2.18. The molecule has 0 spiro atoms. The number of hydrogen-bond acceptors (Lipinski definition) is 3. The number of nitrogens with two attached hydrogens (primary N) is 1. The minimum atomic E-state index is -0.671. The zero-order chi connectivity index (χ0) is 13.7. The molecule has 18 heavy (non-hydrogen) atoms. The van der Waals surface area contributed by atoms with Crippen molar-refractivity contribution in [2.24, 2.45) is 16.8 Å². The van der Waals surface area contributed by atoms with Crippen LogP contribution in [0.1, 0.15) is 32.3 Å². The monoisotopic (exact) mass is 249 g/mol. The van der Waals surface area contributed by atoms with Gasteiger partial charge in [0.1, 0.15) is 0 Å². The number of nitrogens with zero attached hydrogens (tertiary/aromatic N) is 1. The van der Waals surface area contributed by atoms with E-state index in [1.165, 1.54) is 0 Å². The van der Waals surface area contributed by atoms with Crippen LogP contribution in [0.4, 0.5) is 5.69 Å². The molecule has 0 radical (unpaired) electrons. The van der Waals surface area contributed by atoms with Crippen molar-refractivity contribution in [3.63, 3.8) is 0 Å². The number of rotatable bonds is 4. The second-order valence-corrected chi connectivity index (χ2v) is 4.48. The molecule has 0 saturated carbocycles. The zero-order valence-electron chi connectivity index (χ0n) is 10.8.